The molecule has 52 heavy (non-hydrogen) atoms. The molecule has 0 saturated carbocycles. The molecule has 0 amide bonds. The summed E-state index contributed by atoms with van der Waals surface area (Å²) >= 11 is 1.54. The number of carbonyl (C=O) groups excluding carboxylic acids is 2. The average Bonchev–Trinajstić information content (AvgIpc) is 3.15. The van der Waals surface area contributed by atoms with Crippen molar-refractivity contribution in [2.45, 2.75) is 193 Å². The molecule has 0 fully saturated rings. The van der Waals surface area contributed by atoms with Crippen LogP contribution >= 0.6 is 11.8 Å². The quantitative estimate of drug-likeness (QED) is 0.0355. The standard InChI is InChI=1S/C46H83NO4S/c1-5-9-11-13-15-17-19-21-23-25-27-29-31-33-35-37-40-50-45(48)43-44(52-42-39-47(7-3)8-4)46(49)51-41-38-36-34-32-30-28-26-24-22-20-18-16-14-12-10-6-2/h15-18,21-24,44H,5-14,19-20,25-43H2,1-4H3/b17-15-,18-16-,23-21-,24-22-. The number of hydrogen-bond donors (Lipinski definition) is 0. The van der Waals surface area contributed by atoms with Crippen LogP contribution in [-0.4, -0.2) is 60.7 Å². The van der Waals surface area contributed by atoms with Crippen molar-refractivity contribution in [1.29, 1.82) is 0 Å². The van der Waals surface area contributed by atoms with E-state index in [-0.39, 0.29) is 18.4 Å². The predicted molar refractivity (Wildman–Crippen MR) is 229 cm³/mol. The normalized spacial score (nSPS) is 12.7. The number of ether oxygens (including phenoxy) is 2. The lowest BCUT2D eigenvalue weighted by atomic mass is 10.1. The van der Waals surface area contributed by atoms with Gasteiger partial charge in [0.1, 0.15) is 5.25 Å². The van der Waals surface area contributed by atoms with Crippen LogP contribution in [0.1, 0.15) is 188 Å². The van der Waals surface area contributed by atoms with Gasteiger partial charge in [0, 0.05) is 12.3 Å². The first kappa shape index (κ1) is 50.2. The number of thioether (sulfide) groups is 1. The first-order valence-electron chi connectivity index (χ1n) is 21.8. The highest BCUT2D eigenvalue weighted by atomic mass is 32.2. The van der Waals surface area contributed by atoms with Crippen molar-refractivity contribution in [3.05, 3.63) is 48.6 Å². The smallest absolute Gasteiger partial charge is 0.319 e. The second-order valence-electron chi connectivity index (χ2n) is 14.1. The number of unbranched alkanes of at least 4 members (excludes halogenated alkanes) is 18. The zero-order valence-electron chi connectivity index (χ0n) is 34.6. The Morgan fingerprint density at radius 3 is 1.37 bits per heavy atom. The maximum absolute atomic E-state index is 13.0. The number of esters is 2. The van der Waals surface area contributed by atoms with E-state index in [0.717, 1.165) is 76.8 Å². The summed E-state index contributed by atoms with van der Waals surface area (Å²) in [6.45, 7) is 12.5. The maximum Gasteiger partial charge on any atom is 0.319 e. The van der Waals surface area contributed by atoms with E-state index in [2.05, 4.69) is 81.2 Å². The van der Waals surface area contributed by atoms with E-state index in [1.165, 1.54) is 114 Å². The van der Waals surface area contributed by atoms with Gasteiger partial charge in [-0.25, -0.2) is 0 Å². The molecule has 1 unspecified atom stereocenters. The SMILES string of the molecule is CCCCC/C=C\C/C=C\CCCCCCCCOC(=O)CC(SCCN(CC)CC)C(=O)OCCCCCCCC/C=C\C/C=C\CCCCC. The molecule has 0 aliphatic rings. The second kappa shape index (κ2) is 42.0. The average molecular weight is 746 g/mol. The largest absolute Gasteiger partial charge is 0.466 e. The van der Waals surface area contributed by atoms with Crippen LogP contribution in [0.25, 0.3) is 0 Å². The topological polar surface area (TPSA) is 55.8 Å². The summed E-state index contributed by atoms with van der Waals surface area (Å²) < 4.78 is 11.2. The zero-order valence-corrected chi connectivity index (χ0v) is 35.4. The van der Waals surface area contributed by atoms with Gasteiger partial charge in [-0.15, -0.1) is 11.8 Å². The highest BCUT2D eigenvalue weighted by molar-refractivity contribution is 8.00. The molecule has 6 heteroatoms. The van der Waals surface area contributed by atoms with Crippen LogP contribution in [0.2, 0.25) is 0 Å². The van der Waals surface area contributed by atoms with Crippen molar-refractivity contribution >= 4 is 23.7 Å². The summed E-state index contributed by atoms with van der Waals surface area (Å²) in [5.74, 6) is 0.248. The lowest BCUT2D eigenvalue weighted by Crippen LogP contribution is -2.29. The summed E-state index contributed by atoms with van der Waals surface area (Å²) in [5.41, 5.74) is 0. The van der Waals surface area contributed by atoms with Gasteiger partial charge in [-0.1, -0.05) is 153 Å². The molecule has 0 radical (unpaired) electrons. The Balaban J connectivity index is 4.11. The van der Waals surface area contributed by atoms with E-state index < -0.39 is 5.25 Å². The first-order chi connectivity index (χ1) is 25.6. The number of allylic oxidation sites excluding steroid dienone is 8. The van der Waals surface area contributed by atoms with Crippen LogP contribution in [-0.2, 0) is 19.1 Å². The minimum absolute atomic E-state index is 0.0909. The number of nitrogens with zero attached hydrogens (tertiary/aromatic N) is 1. The molecule has 0 saturated heterocycles. The Hall–Kier alpha value is -1.79. The van der Waals surface area contributed by atoms with Gasteiger partial charge < -0.3 is 14.4 Å². The summed E-state index contributed by atoms with van der Waals surface area (Å²) in [4.78, 5) is 28.0. The summed E-state index contributed by atoms with van der Waals surface area (Å²) in [7, 11) is 0. The third-order valence-corrected chi connectivity index (χ3v) is 10.6. The number of rotatable bonds is 39. The maximum atomic E-state index is 13.0. The van der Waals surface area contributed by atoms with E-state index in [4.69, 9.17) is 9.47 Å². The molecule has 0 N–H and O–H groups in total. The molecule has 1 atom stereocenters. The fourth-order valence-electron chi connectivity index (χ4n) is 5.92. The predicted octanol–water partition coefficient (Wildman–Crippen LogP) is 13.5. The minimum Gasteiger partial charge on any atom is -0.466 e. The zero-order chi connectivity index (χ0) is 38.0. The highest BCUT2D eigenvalue weighted by Gasteiger charge is 2.25. The van der Waals surface area contributed by atoms with Crippen molar-refractivity contribution in [2.75, 3.05) is 38.6 Å². The molecule has 0 rings (SSSR count). The Morgan fingerprint density at radius 1 is 0.519 bits per heavy atom. The van der Waals surface area contributed by atoms with E-state index >= 15 is 0 Å². The Bertz CT molecular complexity index is 895. The molecule has 0 bridgehead atoms. The molecule has 302 valence electrons. The Morgan fingerprint density at radius 2 is 0.923 bits per heavy atom. The summed E-state index contributed by atoms with van der Waals surface area (Å²) in [6, 6.07) is 0. The fourth-order valence-corrected chi connectivity index (χ4v) is 7.02. The second-order valence-corrected chi connectivity index (χ2v) is 15.5. The first-order valence-corrected chi connectivity index (χ1v) is 22.9. The molecule has 0 aromatic heterocycles. The third kappa shape index (κ3) is 36.6. The monoisotopic (exact) mass is 746 g/mol. The molecule has 0 aliphatic heterocycles. The van der Waals surface area contributed by atoms with Gasteiger partial charge in [0.05, 0.1) is 19.6 Å². The van der Waals surface area contributed by atoms with Gasteiger partial charge in [-0.3, -0.25) is 9.59 Å². The number of hydrogen-bond acceptors (Lipinski definition) is 6. The van der Waals surface area contributed by atoms with Crippen LogP contribution in [0.4, 0.5) is 0 Å². The van der Waals surface area contributed by atoms with Crippen LogP contribution in [0.15, 0.2) is 48.6 Å². The summed E-state index contributed by atoms with van der Waals surface area (Å²) in [5, 5.41) is -0.497. The summed E-state index contributed by atoms with van der Waals surface area (Å²) in [6.07, 6.45) is 46.9. The molecule has 0 aromatic carbocycles. The van der Waals surface area contributed by atoms with Gasteiger partial charge in [-0.05, 0) is 90.1 Å². The van der Waals surface area contributed by atoms with Gasteiger partial charge >= 0.3 is 11.9 Å². The van der Waals surface area contributed by atoms with E-state index in [1.54, 1.807) is 0 Å². The van der Waals surface area contributed by atoms with Crippen LogP contribution in [0.5, 0.6) is 0 Å². The van der Waals surface area contributed by atoms with E-state index in [0.29, 0.717) is 13.2 Å². The third-order valence-electron chi connectivity index (χ3n) is 9.43. The lowest BCUT2D eigenvalue weighted by molar-refractivity contribution is -0.149. The molecule has 0 aromatic rings. The van der Waals surface area contributed by atoms with Gasteiger partial charge in [0.25, 0.3) is 0 Å². The van der Waals surface area contributed by atoms with Crippen molar-refractivity contribution in [1.82, 2.24) is 4.90 Å². The van der Waals surface area contributed by atoms with Crippen LogP contribution in [0.3, 0.4) is 0 Å². The van der Waals surface area contributed by atoms with Crippen molar-refractivity contribution in [3.8, 4) is 0 Å². The molecule has 0 heterocycles. The van der Waals surface area contributed by atoms with Gasteiger partial charge in [0.2, 0.25) is 0 Å². The molecule has 5 nitrogen and oxygen atoms in total. The minimum atomic E-state index is -0.497. The van der Waals surface area contributed by atoms with Gasteiger partial charge in [0.15, 0.2) is 0 Å². The van der Waals surface area contributed by atoms with Crippen molar-refractivity contribution < 1.29 is 19.1 Å². The highest BCUT2D eigenvalue weighted by Crippen LogP contribution is 2.19. The number of carbonyl (C=O) groups is 2. The van der Waals surface area contributed by atoms with E-state index in [1.807, 2.05) is 0 Å². The molecule has 0 spiro atoms. The molecule has 0 aliphatic carbocycles. The Labute approximate surface area is 327 Å². The van der Waals surface area contributed by atoms with Crippen LogP contribution < -0.4 is 0 Å². The molecular formula is C46H83NO4S. The van der Waals surface area contributed by atoms with Crippen LogP contribution in [0, 0.1) is 0 Å². The van der Waals surface area contributed by atoms with Gasteiger partial charge in [-0.2, -0.15) is 0 Å². The van der Waals surface area contributed by atoms with E-state index in [9.17, 15) is 9.59 Å². The molecular weight excluding hydrogens is 663 g/mol. The Kier molecular flexibility index (Phi) is 40.5. The fraction of sp³-hybridized carbons (Fsp3) is 0.783. The lowest BCUT2D eigenvalue weighted by Gasteiger charge is -2.20. The van der Waals surface area contributed by atoms with Crippen molar-refractivity contribution in [3.63, 3.8) is 0 Å². The van der Waals surface area contributed by atoms with Crippen molar-refractivity contribution in [2.24, 2.45) is 0 Å².